The molecule has 0 spiro atoms. The first-order valence-corrected chi connectivity index (χ1v) is 4.92. The predicted molar refractivity (Wildman–Crippen MR) is 47.7 cm³/mol. The summed E-state index contributed by atoms with van der Waals surface area (Å²) in [5.41, 5.74) is 0. The molecule has 0 aromatic carbocycles. The lowest BCUT2D eigenvalue weighted by Gasteiger charge is -2.03. The lowest BCUT2D eigenvalue weighted by Crippen LogP contribution is -2.05. The van der Waals surface area contributed by atoms with Gasteiger partial charge in [-0.05, 0) is 30.7 Å². The van der Waals surface area contributed by atoms with Gasteiger partial charge in [0.2, 0.25) is 5.24 Å². The van der Waals surface area contributed by atoms with Crippen LogP contribution in [-0.2, 0) is 4.79 Å². The number of rotatable bonds is 5. The van der Waals surface area contributed by atoms with Crippen LogP contribution in [0.3, 0.4) is 0 Å². The van der Waals surface area contributed by atoms with E-state index in [1.807, 2.05) is 6.92 Å². The summed E-state index contributed by atoms with van der Waals surface area (Å²) >= 11 is 6.88. The predicted octanol–water partition coefficient (Wildman–Crippen LogP) is 2.67. The molecule has 3 heteroatoms. The lowest BCUT2D eigenvalue weighted by molar-refractivity contribution is -0.111. The zero-order chi connectivity index (χ0) is 7.98. The summed E-state index contributed by atoms with van der Waals surface area (Å²) in [5, 5.41) is -0.269. The molecule has 0 N–H and O–H groups in total. The van der Waals surface area contributed by atoms with Crippen molar-refractivity contribution in [2.24, 2.45) is 0 Å². The minimum Gasteiger partial charge on any atom is -0.280 e. The molecule has 1 atom stereocenters. The van der Waals surface area contributed by atoms with Crippen LogP contribution < -0.4 is 0 Å². The van der Waals surface area contributed by atoms with Gasteiger partial charge < -0.3 is 0 Å². The summed E-state index contributed by atoms with van der Waals surface area (Å²) in [6.45, 7) is 3.98. The standard InChI is InChI=1S/C7H13ClOS/c1-3-4-5-10-6(2)7(8)9/h6H,3-5H2,1-2H3/t6-/m1/s1. The number of halogens is 1. The molecule has 0 rings (SSSR count). The molecule has 0 aliphatic heterocycles. The van der Waals surface area contributed by atoms with Crippen molar-refractivity contribution in [3.63, 3.8) is 0 Å². The fourth-order valence-electron chi connectivity index (χ4n) is 0.470. The number of unbranched alkanes of at least 4 members (excludes halogenated alkanes) is 1. The van der Waals surface area contributed by atoms with Crippen molar-refractivity contribution >= 4 is 28.6 Å². The molecule has 0 amide bonds. The van der Waals surface area contributed by atoms with Gasteiger partial charge in [0.1, 0.15) is 0 Å². The molecule has 10 heavy (non-hydrogen) atoms. The monoisotopic (exact) mass is 180 g/mol. The van der Waals surface area contributed by atoms with Crippen LogP contribution in [0, 0.1) is 0 Å². The third-order valence-corrected chi connectivity index (χ3v) is 2.88. The summed E-state index contributed by atoms with van der Waals surface area (Å²) in [7, 11) is 0. The maximum atomic E-state index is 10.5. The Morgan fingerprint density at radius 1 is 1.70 bits per heavy atom. The number of hydrogen-bond acceptors (Lipinski definition) is 2. The maximum Gasteiger partial charge on any atom is 0.234 e. The molecular weight excluding hydrogens is 168 g/mol. The Balaban J connectivity index is 3.21. The second-order valence-corrected chi connectivity index (χ2v) is 3.99. The van der Waals surface area contributed by atoms with Crippen LogP contribution in [-0.4, -0.2) is 16.2 Å². The topological polar surface area (TPSA) is 17.1 Å². The van der Waals surface area contributed by atoms with E-state index in [0.717, 1.165) is 5.75 Å². The smallest absolute Gasteiger partial charge is 0.234 e. The SMILES string of the molecule is CCCCS[C@H](C)C(=O)Cl. The van der Waals surface area contributed by atoms with Crippen LogP contribution in [0.25, 0.3) is 0 Å². The quantitative estimate of drug-likeness (QED) is 0.478. The van der Waals surface area contributed by atoms with Gasteiger partial charge in [-0.2, -0.15) is 0 Å². The lowest BCUT2D eigenvalue weighted by atomic mass is 10.4. The summed E-state index contributed by atoms with van der Waals surface area (Å²) in [6.07, 6.45) is 2.34. The molecule has 1 nitrogen and oxygen atoms in total. The van der Waals surface area contributed by atoms with E-state index < -0.39 is 0 Å². The summed E-state index contributed by atoms with van der Waals surface area (Å²) in [6, 6.07) is 0. The normalized spacial score (nSPS) is 13.1. The van der Waals surface area contributed by atoms with E-state index in [2.05, 4.69) is 6.92 Å². The number of carbonyl (C=O) groups excluding carboxylic acids is 1. The van der Waals surface area contributed by atoms with Gasteiger partial charge in [-0.25, -0.2) is 0 Å². The van der Waals surface area contributed by atoms with Gasteiger partial charge in [0, 0.05) is 0 Å². The zero-order valence-corrected chi connectivity index (χ0v) is 7.97. The van der Waals surface area contributed by atoms with Crippen LogP contribution in [0.5, 0.6) is 0 Å². The first-order valence-electron chi connectivity index (χ1n) is 3.49. The number of thioether (sulfide) groups is 1. The molecule has 60 valence electrons. The molecule has 0 radical (unpaired) electrons. The fraction of sp³-hybridized carbons (Fsp3) is 0.857. The highest BCUT2D eigenvalue weighted by Gasteiger charge is 2.08. The largest absolute Gasteiger partial charge is 0.280 e. The highest BCUT2D eigenvalue weighted by Crippen LogP contribution is 2.14. The van der Waals surface area contributed by atoms with Crippen molar-refractivity contribution in [3.05, 3.63) is 0 Å². The Labute approximate surface area is 71.5 Å². The van der Waals surface area contributed by atoms with Crippen LogP contribution in [0.15, 0.2) is 0 Å². The minimum atomic E-state index is -0.235. The van der Waals surface area contributed by atoms with E-state index in [1.54, 1.807) is 11.8 Å². The van der Waals surface area contributed by atoms with Gasteiger partial charge in [0.15, 0.2) is 0 Å². The molecular formula is C7H13ClOS. The Morgan fingerprint density at radius 2 is 2.30 bits per heavy atom. The molecule has 0 aliphatic rings. The second kappa shape index (κ2) is 6.05. The number of carbonyl (C=O) groups is 1. The van der Waals surface area contributed by atoms with Gasteiger partial charge in [-0.3, -0.25) is 4.79 Å². The van der Waals surface area contributed by atoms with Crippen molar-refractivity contribution in [1.29, 1.82) is 0 Å². The van der Waals surface area contributed by atoms with E-state index in [-0.39, 0.29) is 10.5 Å². The first kappa shape index (κ1) is 10.3. The van der Waals surface area contributed by atoms with Crippen LogP contribution in [0.4, 0.5) is 0 Å². The molecule has 0 unspecified atom stereocenters. The van der Waals surface area contributed by atoms with Gasteiger partial charge >= 0.3 is 0 Å². The Hall–Kier alpha value is 0.310. The van der Waals surface area contributed by atoms with Gasteiger partial charge in [-0.15, -0.1) is 11.8 Å². The van der Waals surface area contributed by atoms with Crippen molar-refractivity contribution in [1.82, 2.24) is 0 Å². The van der Waals surface area contributed by atoms with Crippen LogP contribution >= 0.6 is 23.4 Å². The average molecular weight is 181 g/mol. The van der Waals surface area contributed by atoms with E-state index in [4.69, 9.17) is 11.6 Å². The molecule has 0 aromatic heterocycles. The minimum absolute atomic E-state index is 0.0341. The highest BCUT2D eigenvalue weighted by atomic mass is 35.5. The van der Waals surface area contributed by atoms with E-state index in [0.29, 0.717) is 0 Å². The fourth-order valence-corrected chi connectivity index (χ4v) is 1.60. The molecule has 0 aromatic rings. The van der Waals surface area contributed by atoms with Crippen molar-refractivity contribution in [3.8, 4) is 0 Å². The van der Waals surface area contributed by atoms with E-state index >= 15 is 0 Å². The Morgan fingerprint density at radius 3 is 2.70 bits per heavy atom. The van der Waals surface area contributed by atoms with Gasteiger partial charge in [0.25, 0.3) is 0 Å². The second-order valence-electron chi connectivity index (χ2n) is 2.17. The highest BCUT2D eigenvalue weighted by molar-refractivity contribution is 8.00. The molecule has 0 bridgehead atoms. The molecule has 0 saturated heterocycles. The maximum absolute atomic E-state index is 10.5. The van der Waals surface area contributed by atoms with Crippen molar-refractivity contribution < 1.29 is 4.79 Å². The first-order chi connectivity index (χ1) is 4.68. The molecule has 0 heterocycles. The van der Waals surface area contributed by atoms with Crippen LogP contribution in [0.2, 0.25) is 0 Å². The molecule has 0 aliphatic carbocycles. The Bertz CT molecular complexity index is 106. The third kappa shape index (κ3) is 5.12. The Kier molecular flexibility index (Phi) is 6.24. The van der Waals surface area contributed by atoms with Crippen molar-refractivity contribution in [2.75, 3.05) is 5.75 Å². The van der Waals surface area contributed by atoms with Crippen molar-refractivity contribution in [2.45, 2.75) is 31.9 Å². The zero-order valence-electron chi connectivity index (χ0n) is 6.39. The third-order valence-electron chi connectivity index (χ3n) is 1.19. The molecule has 0 saturated carbocycles. The van der Waals surface area contributed by atoms with Gasteiger partial charge in [-0.1, -0.05) is 13.3 Å². The molecule has 0 fully saturated rings. The summed E-state index contributed by atoms with van der Waals surface area (Å²) in [4.78, 5) is 10.5. The van der Waals surface area contributed by atoms with E-state index in [9.17, 15) is 4.79 Å². The summed E-state index contributed by atoms with van der Waals surface area (Å²) in [5.74, 6) is 1.04. The summed E-state index contributed by atoms with van der Waals surface area (Å²) < 4.78 is 0. The number of hydrogen-bond donors (Lipinski definition) is 0. The van der Waals surface area contributed by atoms with Gasteiger partial charge in [0.05, 0.1) is 5.25 Å². The van der Waals surface area contributed by atoms with E-state index in [1.165, 1.54) is 12.8 Å². The van der Waals surface area contributed by atoms with Crippen LogP contribution in [0.1, 0.15) is 26.7 Å². The average Bonchev–Trinajstić information content (AvgIpc) is 1.88.